The highest BCUT2D eigenvalue weighted by molar-refractivity contribution is 7.89. The quantitative estimate of drug-likeness (QED) is 0.770. The van der Waals surface area contributed by atoms with Gasteiger partial charge >= 0.3 is 0 Å². The molecule has 1 fully saturated rings. The van der Waals surface area contributed by atoms with Crippen LogP contribution >= 0.6 is 0 Å². The fourth-order valence-electron chi connectivity index (χ4n) is 2.33. The van der Waals surface area contributed by atoms with Gasteiger partial charge < -0.3 is 0 Å². The molecule has 0 N–H and O–H groups in total. The van der Waals surface area contributed by atoms with Crippen molar-refractivity contribution in [2.24, 2.45) is 0 Å². The van der Waals surface area contributed by atoms with Gasteiger partial charge in [-0.15, -0.1) is 0 Å². The molecule has 0 bridgehead atoms. The highest BCUT2D eigenvalue weighted by Gasteiger charge is 2.31. The van der Waals surface area contributed by atoms with Crippen molar-refractivity contribution in [1.82, 2.24) is 12.9 Å². The van der Waals surface area contributed by atoms with E-state index >= 15 is 0 Å². The Labute approximate surface area is 136 Å². The predicted molar refractivity (Wildman–Crippen MR) is 84.0 cm³/mol. The van der Waals surface area contributed by atoms with Crippen molar-refractivity contribution < 1.29 is 21.2 Å². The lowest BCUT2D eigenvalue weighted by Crippen LogP contribution is -2.42. The van der Waals surface area contributed by atoms with E-state index in [1.54, 1.807) is 0 Å². The molecule has 0 aromatic heterocycles. The van der Waals surface area contributed by atoms with Gasteiger partial charge in [-0.1, -0.05) is 0 Å². The van der Waals surface area contributed by atoms with Gasteiger partial charge in [0.2, 0.25) is 10.0 Å². The smallest absolute Gasteiger partial charge is 0.207 e. The Hall–Kier alpha value is -1.07. The zero-order valence-electron chi connectivity index (χ0n) is 13.0. The summed E-state index contributed by atoms with van der Waals surface area (Å²) in [5.74, 6) is -0.511. The number of hydrogen-bond donors (Lipinski definition) is 0. The molecule has 7 nitrogen and oxygen atoms in total. The lowest BCUT2D eigenvalue weighted by molar-refractivity contribution is 0.378. The molecule has 2 rings (SSSR count). The molecular weight excluding hydrogens is 345 g/mol. The number of nitrogens with zero attached hydrogens (tertiary/aromatic N) is 3. The van der Waals surface area contributed by atoms with Crippen LogP contribution in [-0.4, -0.2) is 70.0 Å². The van der Waals surface area contributed by atoms with E-state index in [0.29, 0.717) is 6.42 Å². The second-order valence-electron chi connectivity index (χ2n) is 5.40. The van der Waals surface area contributed by atoms with E-state index in [1.165, 1.54) is 34.8 Å². The summed E-state index contributed by atoms with van der Waals surface area (Å²) in [5.41, 5.74) is 0. The third-order valence-corrected chi connectivity index (χ3v) is 7.51. The van der Waals surface area contributed by atoms with Crippen LogP contribution in [0.1, 0.15) is 6.42 Å². The third kappa shape index (κ3) is 3.89. The number of hydrogen-bond acceptors (Lipinski definition) is 4. The van der Waals surface area contributed by atoms with Crippen LogP contribution in [0.4, 0.5) is 4.39 Å². The number of sulfonamides is 1. The fourth-order valence-corrected chi connectivity index (χ4v) is 4.93. The summed E-state index contributed by atoms with van der Waals surface area (Å²) in [6, 6.07) is 4.61. The number of rotatable bonds is 4. The molecule has 1 heterocycles. The van der Waals surface area contributed by atoms with Crippen LogP contribution in [0.15, 0.2) is 29.2 Å². The van der Waals surface area contributed by atoms with Gasteiger partial charge in [0.25, 0.3) is 10.2 Å². The Bertz CT molecular complexity index is 748. The Kier molecular flexibility index (Phi) is 5.41. The Morgan fingerprint density at radius 2 is 1.43 bits per heavy atom. The Morgan fingerprint density at radius 1 is 0.913 bits per heavy atom. The van der Waals surface area contributed by atoms with Crippen LogP contribution in [0, 0.1) is 5.82 Å². The van der Waals surface area contributed by atoms with Crippen LogP contribution < -0.4 is 0 Å². The van der Waals surface area contributed by atoms with Crippen molar-refractivity contribution in [2.75, 3.05) is 40.3 Å². The Balaban J connectivity index is 2.19. The van der Waals surface area contributed by atoms with Gasteiger partial charge in [-0.25, -0.2) is 12.8 Å². The molecule has 23 heavy (non-hydrogen) atoms. The number of benzene rings is 1. The second-order valence-corrected chi connectivity index (χ2v) is 9.48. The summed E-state index contributed by atoms with van der Waals surface area (Å²) in [6.45, 7) is 0.628. The SMILES string of the molecule is CN(C)S(=O)(=O)N1CCCN(S(=O)(=O)c2ccc(F)cc2)CC1. The highest BCUT2D eigenvalue weighted by Crippen LogP contribution is 2.19. The maximum atomic E-state index is 13.0. The van der Waals surface area contributed by atoms with Crippen LogP contribution in [0.25, 0.3) is 0 Å². The molecule has 130 valence electrons. The molecular formula is C13H20FN3O4S2. The molecule has 0 amide bonds. The first-order chi connectivity index (χ1) is 10.7. The van der Waals surface area contributed by atoms with Gasteiger partial charge in [-0.3, -0.25) is 0 Å². The van der Waals surface area contributed by atoms with Crippen molar-refractivity contribution in [1.29, 1.82) is 0 Å². The minimum atomic E-state index is -3.76. The molecule has 0 saturated carbocycles. The molecule has 0 spiro atoms. The lowest BCUT2D eigenvalue weighted by Gasteiger charge is -2.24. The van der Waals surface area contributed by atoms with Gasteiger partial charge in [-0.2, -0.15) is 21.3 Å². The zero-order chi connectivity index (χ0) is 17.3. The van der Waals surface area contributed by atoms with Crippen molar-refractivity contribution in [3.8, 4) is 0 Å². The van der Waals surface area contributed by atoms with Gasteiger partial charge in [0.05, 0.1) is 4.90 Å². The summed E-state index contributed by atoms with van der Waals surface area (Å²) in [5, 5.41) is 0. The first-order valence-corrected chi connectivity index (χ1v) is 9.93. The van der Waals surface area contributed by atoms with Crippen molar-refractivity contribution in [3.05, 3.63) is 30.1 Å². The minimum Gasteiger partial charge on any atom is -0.207 e. The normalized spacial score (nSPS) is 19.0. The van der Waals surface area contributed by atoms with E-state index in [2.05, 4.69) is 0 Å². The monoisotopic (exact) mass is 365 g/mol. The van der Waals surface area contributed by atoms with Crippen LogP contribution in [-0.2, 0) is 20.2 Å². The minimum absolute atomic E-state index is 0.00261. The maximum absolute atomic E-state index is 13.0. The van der Waals surface area contributed by atoms with Crippen molar-refractivity contribution >= 4 is 20.2 Å². The topological polar surface area (TPSA) is 78.0 Å². The fraction of sp³-hybridized carbons (Fsp3) is 0.538. The molecule has 0 aliphatic carbocycles. The van der Waals surface area contributed by atoms with E-state index in [0.717, 1.165) is 16.4 Å². The van der Waals surface area contributed by atoms with E-state index in [1.807, 2.05) is 0 Å². The highest BCUT2D eigenvalue weighted by atomic mass is 32.2. The maximum Gasteiger partial charge on any atom is 0.281 e. The lowest BCUT2D eigenvalue weighted by atomic mass is 10.4. The second kappa shape index (κ2) is 6.81. The van der Waals surface area contributed by atoms with E-state index in [-0.39, 0.29) is 31.1 Å². The molecule has 1 aromatic carbocycles. The van der Waals surface area contributed by atoms with Crippen LogP contribution in [0.5, 0.6) is 0 Å². The first kappa shape index (κ1) is 18.3. The molecule has 1 aromatic rings. The molecule has 0 radical (unpaired) electrons. The molecule has 1 aliphatic rings. The van der Waals surface area contributed by atoms with Gasteiger partial charge in [0.1, 0.15) is 5.82 Å². The predicted octanol–water partition coefficient (Wildman–Crippen LogP) is 0.329. The van der Waals surface area contributed by atoms with Gasteiger partial charge in [0.15, 0.2) is 0 Å². The third-order valence-electron chi connectivity index (χ3n) is 3.65. The van der Waals surface area contributed by atoms with E-state index < -0.39 is 26.0 Å². The zero-order valence-corrected chi connectivity index (χ0v) is 14.6. The van der Waals surface area contributed by atoms with Gasteiger partial charge in [-0.05, 0) is 30.7 Å². The molecule has 1 aliphatic heterocycles. The Morgan fingerprint density at radius 3 is 2.00 bits per heavy atom. The summed E-state index contributed by atoms with van der Waals surface area (Å²) >= 11 is 0. The van der Waals surface area contributed by atoms with Crippen LogP contribution in [0.2, 0.25) is 0 Å². The summed E-state index contributed by atoms with van der Waals surface area (Å²) in [7, 11) is -4.45. The standard InChI is InChI=1S/C13H20FN3O4S2/c1-15(2)23(20,21)17-9-3-8-16(10-11-17)22(18,19)13-6-4-12(14)5-7-13/h4-7H,3,8-11H2,1-2H3. The molecule has 1 saturated heterocycles. The molecule has 10 heteroatoms. The molecule has 0 unspecified atom stereocenters. The summed E-state index contributed by atoms with van der Waals surface area (Å²) < 4.78 is 66.0. The average Bonchev–Trinajstić information content (AvgIpc) is 2.74. The van der Waals surface area contributed by atoms with Crippen LogP contribution in [0.3, 0.4) is 0 Å². The van der Waals surface area contributed by atoms with E-state index in [4.69, 9.17) is 0 Å². The first-order valence-electron chi connectivity index (χ1n) is 7.09. The summed E-state index contributed by atoms with van der Waals surface area (Å²) in [6.07, 6.45) is 0.396. The van der Waals surface area contributed by atoms with Crippen molar-refractivity contribution in [3.63, 3.8) is 0 Å². The van der Waals surface area contributed by atoms with Gasteiger partial charge in [0, 0.05) is 40.3 Å². The van der Waals surface area contributed by atoms with Crippen molar-refractivity contribution in [2.45, 2.75) is 11.3 Å². The average molecular weight is 365 g/mol. The van der Waals surface area contributed by atoms with E-state index in [9.17, 15) is 21.2 Å². The summed E-state index contributed by atoms with van der Waals surface area (Å²) in [4.78, 5) is 0.00261. The molecule has 0 atom stereocenters. The number of halogens is 1. The largest absolute Gasteiger partial charge is 0.281 e.